The van der Waals surface area contributed by atoms with E-state index in [9.17, 15) is 4.79 Å². The molecule has 0 saturated carbocycles. The maximum atomic E-state index is 11.0. The van der Waals surface area contributed by atoms with E-state index in [1.165, 1.54) is 0 Å². The topological polar surface area (TPSA) is 44.8 Å². The third-order valence-corrected chi connectivity index (χ3v) is 2.74. The lowest BCUT2D eigenvalue weighted by molar-refractivity contribution is -0.129. The van der Waals surface area contributed by atoms with Gasteiger partial charge in [-0.3, -0.25) is 0 Å². The molecule has 4 heteroatoms. The van der Waals surface area contributed by atoms with Crippen molar-refractivity contribution in [3.63, 3.8) is 0 Å². The second-order valence-corrected chi connectivity index (χ2v) is 3.96. The van der Waals surface area contributed by atoms with E-state index in [4.69, 9.17) is 14.2 Å². The second-order valence-electron chi connectivity index (χ2n) is 3.96. The van der Waals surface area contributed by atoms with Gasteiger partial charge in [-0.1, -0.05) is 37.3 Å². The Morgan fingerprint density at radius 2 is 2.12 bits per heavy atom. The number of hydrogen-bond acceptors (Lipinski definition) is 4. The summed E-state index contributed by atoms with van der Waals surface area (Å²) in [7, 11) is 0. The molecule has 1 aliphatic rings. The normalized spacial score (nSPS) is 23.9. The molecule has 0 N–H and O–H groups in total. The Hall–Kier alpha value is -1.55. The highest BCUT2D eigenvalue weighted by Gasteiger charge is 2.31. The number of carbonyl (C=O) groups is 1. The largest absolute Gasteiger partial charge is 0.508 e. The Morgan fingerprint density at radius 3 is 2.82 bits per heavy atom. The fourth-order valence-corrected chi connectivity index (χ4v) is 1.77. The van der Waals surface area contributed by atoms with Crippen LogP contribution in [0.25, 0.3) is 0 Å². The fourth-order valence-electron chi connectivity index (χ4n) is 1.77. The van der Waals surface area contributed by atoms with Crippen LogP contribution < -0.4 is 0 Å². The number of rotatable bonds is 4. The smallest absolute Gasteiger partial charge is 0.431 e. The van der Waals surface area contributed by atoms with Gasteiger partial charge in [0.15, 0.2) is 0 Å². The summed E-state index contributed by atoms with van der Waals surface area (Å²) in [6.07, 6.45) is -0.261. The molecule has 17 heavy (non-hydrogen) atoms. The minimum atomic E-state index is -0.601. The molecular weight excluding hydrogens is 220 g/mol. The van der Waals surface area contributed by atoms with E-state index in [1.807, 2.05) is 37.3 Å². The van der Waals surface area contributed by atoms with Crippen LogP contribution in [-0.2, 0) is 20.8 Å². The van der Waals surface area contributed by atoms with Gasteiger partial charge in [-0.15, -0.1) is 0 Å². The number of cyclic esters (lactones) is 2. The van der Waals surface area contributed by atoms with E-state index in [0.29, 0.717) is 6.61 Å². The van der Waals surface area contributed by atoms with Crippen LogP contribution in [0.1, 0.15) is 18.9 Å². The number of hydrogen-bond donors (Lipinski definition) is 0. The molecule has 0 spiro atoms. The van der Waals surface area contributed by atoms with Crippen molar-refractivity contribution in [1.82, 2.24) is 0 Å². The second kappa shape index (κ2) is 5.68. The van der Waals surface area contributed by atoms with Gasteiger partial charge in [-0.05, 0) is 12.0 Å². The Morgan fingerprint density at radius 1 is 1.35 bits per heavy atom. The third kappa shape index (κ3) is 3.20. The van der Waals surface area contributed by atoms with Gasteiger partial charge in [-0.2, -0.15) is 0 Å². The van der Waals surface area contributed by atoms with Crippen LogP contribution in [-0.4, -0.2) is 25.0 Å². The summed E-state index contributed by atoms with van der Waals surface area (Å²) in [6.45, 7) is 2.73. The summed E-state index contributed by atoms with van der Waals surface area (Å²) in [4.78, 5) is 11.0. The van der Waals surface area contributed by atoms with Gasteiger partial charge in [0.2, 0.25) is 0 Å². The molecule has 1 heterocycles. The third-order valence-electron chi connectivity index (χ3n) is 2.74. The number of benzene rings is 1. The van der Waals surface area contributed by atoms with Gasteiger partial charge in [0.25, 0.3) is 0 Å². The molecule has 1 aromatic rings. The Bertz CT molecular complexity index is 363. The molecule has 1 fully saturated rings. The highest BCUT2D eigenvalue weighted by Crippen LogP contribution is 2.17. The minimum absolute atomic E-state index is 0.182. The van der Waals surface area contributed by atoms with Crippen LogP contribution in [0.4, 0.5) is 4.79 Å². The monoisotopic (exact) mass is 236 g/mol. The van der Waals surface area contributed by atoms with Gasteiger partial charge in [0.1, 0.15) is 18.8 Å². The molecule has 92 valence electrons. The summed E-state index contributed by atoms with van der Waals surface area (Å²) >= 11 is 0. The summed E-state index contributed by atoms with van der Waals surface area (Å²) in [5.41, 5.74) is 1.10. The van der Waals surface area contributed by atoms with Crippen LogP contribution in [0.5, 0.6) is 0 Å². The van der Waals surface area contributed by atoms with E-state index in [-0.39, 0.29) is 18.8 Å². The van der Waals surface area contributed by atoms with Gasteiger partial charge in [0, 0.05) is 0 Å². The Kier molecular flexibility index (Phi) is 3.98. The molecule has 2 unspecified atom stereocenters. The molecule has 0 aromatic heterocycles. The predicted molar refractivity (Wildman–Crippen MR) is 61.5 cm³/mol. The van der Waals surface area contributed by atoms with Crippen LogP contribution in [0.3, 0.4) is 0 Å². The van der Waals surface area contributed by atoms with Crippen molar-refractivity contribution >= 4 is 6.16 Å². The van der Waals surface area contributed by atoms with Crippen LogP contribution >= 0.6 is 0 Å². The van der Waals surface area contributed by atoms with Gasteiger partial charge < -0.3 is 14.2 Å². The lowest BCUT2D eigenvalue weighted by Crippen LogP contribution is -2.42. The van der Waals surface area contributed by atoms with Crippen LogP contribution in [0.15, 0.2) is 30.3 Å². The summed E-state index contributed by atoms with van der Waals surface area (Å²) in [5, 5.41) is 0. The quantitative estimate of drug-likeness (QED) is 0.753. The first-order valence-electron chi connectivity index (χ1n) is 5.78. The number of carbonyl (C=O) groups excluding carboxylic acids is 1. The van der Waals surface area contributed by atoms with E-state index >= 15 is 0 Å². The van der Waals surface area contributed by atoms with E-state index in [1.54, 1.807) is 0 Å². The average molecular weight is 236 g/mol. The number of ether oxygens (including phenoxy) is 3. The van der Waals surface area contributed by atoms with Crippen molar-refractivity contribution in [3.05, 3.63) is 35.9 Å². The van der Waals surface area contributed by atoms with Crippen LogP contribution in [0, 0.1) is 0 Å². The zero-order valence-corrected chi connectivity index (χ0v) is 9.80. The molecule has 1 aliphatic heterocycles. The zero-order valence-electron chi connectivity index (χ0n) is 9.80. The summed E-state index contributed by atoms with van der Waals surface area (Å²) < 4.78 is 15.6. The molecular formula is C13H16O4. The maximum Gasteiger partial charge on any atom is 0.508 e. The van der Waals surface area contributed by atoms with Crippen molar-refractivity contribution in [3.8, 4) is 0 Å². The highest BCUT2D eigenvalue weighted by atomic mass is 16.8. The molecule has 0 aliphatic carbocycles. The van der Waals surface area contributed by atoms with Crippen LogP contribution in [0.2, 0.25) is 0 Å². The first-order chi connectivity index (χ1) is 8.29. The molecule has 0 bridgehead atoms. The van der Waals surface area contributed by atoms with Gasteiger partial charge in [0.05, 0.1) is 6.61 Å². The van der Waals surface area contributed by atoms with E-state index in [0.717, 1.165) is 12.0 Å². The van der Waals surface area contributed by atoms with Crippen molar-refractivity contribution < 1.29 is 19.0 Å². The van der Waals surface area contributed by atoms with Crippen molar-refractivity contribution in [1.29, 1.82) is 0 Å². The summed E-state index contributed by atoms with van der Waals surface area (Å²) in [5.74, 6) is 0. The maximum absolute atomic E-state index is 11.0. The lowest BCUT2D eigenvalue weighted by atomic mass is 10.1. The van der Waals surface area contributed by atoms with Crippen molar-refractivity contribution in [2.45, 2.75) is 32.2 Å². The summed E-state index contributed by atoms with van der Waals surface area (Å²) in [6, 6.07) is 9.89. The SMILES string of the molecule is CCC1OC(=O)OCC1OCc1ccccc1. The predicted octanol–water partition coefficient (Wildman–Crippen LogP) is 2.52. The van der Waals surface area contributed by atoms with Crippen molar-refractivity contribution in [2.24, 2.45) is 0 Å². The minimum Gasteiger partial charge on any atom is -0.431 e. The molecule has 2 rings (SSSR count). The molecule has 1 aromatic carbocycles. The van der Waals surface area contributed by atoms with Crippen molar-refractivity contribution in [2.75, 3.05) is 6.61 Å². The Balaban J connectivity index is 1.88. The van der Waals surface area contributed by atoms with E-state index in [2.05, 4.69) is 0 Å². The first kappa shape index (κ1) is 11.9. The standard InChI is InChI=1S/C13H16O4/c1-2-11-12(9-16-13(14)17-11)15-8-10-6-4-3-5-7-10/h3-7,11-12H,2,8-9H2,1H3. The molecule has 2 atom stereocenters. The molecule has 1 saturated heterocycles. The van der Waals surface area contributed by atoms with E-state index < -0.39 is 6.16 Å². The first-order valence-corrected chi connectivity index (χ1v) is 5.78. The molecule has 0 amide bonds. The molecule has 0 radical (unpaired) electrons. The average Bonchev–Trinajstić information content (AvgIpc) is 2.38. The van der Waals surface area contributed by atoms with Gasteiger partial charge in [-0.25, -0.2) is 4.79 Å². The zero-order chi connectivity index (χ0) is 12.1. The Labute approximate surface area is 100 Å². The fraction of sp³-hybridized carbons (Fsp3) is 0.462. The lowest BCUT2D eigenvalue weighted by Gasteiger charge is -2.29. The molecule has 4 nitrogen and oxygen atoms in total. The van der Waals surface area contributed by atoms with Gasteiger partial charge >= 0.3 is 6.16 Å². The highest BCUT2D eigenvalue weighted by molar-refractivity contribution is 5.61.